The van der Waals surface area contributed by atoms with Gasteiger partial charge in [0.25, 0.3) is 5.91 Å². The van der Waals surface area contributed by atoms with Gasteiger partial charge < -0.3 is 24.7 Å². The van der Waals surface area contributed by atoms with E-state index in [1.54, 1.807) is 14.2 Å². The Labute approximate surface area is 244 Å². The van der Waals surface area contributed by atoms with Crippen LogP contribution in [0.3, 0.4) is 0 Å². The van der Waals surface area contributed by atoms with Gasteiger partial charge in [-0.25, -0.2) is 4.98 Å². The zero-order valence-electron chi connectivity index (χ0n) is 23.9. The fraction of sp³-hybridized carbons (Fsp3) is 0.281. The van der Waals surface area contributed by atoms with E-state index in [2.05, 4.69) is 20.1 Å². The number of aromatic nitrogens is 4. The molecule has 0 aliphatic carbocycles. The second-order valence-electron chi connectivity index (χ2n) is 10.3. The van der Waals surface area contributed by atoms with Gasteiger partial charge in [-0.1, -0.05) is 24.3 Å². The van der Waals surface area contributed by atoms with E-state index in [0.29, 0.717) is 23.8 Å². The molecule has 0 atom stereocenters. The van der Waals surface area contributed by atoms with Gasteiger partial charge in [-0.2, -0.15) is 5.10 Å². The van der Waals surface area contributed by atoms with Crippen LogP contribution in [0.2, 0.25) is 0 Å². The number of imidazole rings is 1. The smallest absolute Gasteiger partial charge is 0.256 e. The summed E-state index contributed by atoms with van der Waals surface area (Å²) in [5.41, 5.74) is 5.32. The van der Waals surface area contributed by atoms with Crippen molar-refractivity contribution in [1.82, 2.24) is 24.6 Å². The zero-order chi connectivity index (χ0) is 28.9. The fourth-order valence-electron chi connectivity index (χ4n) is 5.23. The molecule has 3 aromatic carbocycles. The molecule has 1 fully saturated rings. The van der Waals surface area contributed by atoms with Crippen molar-refractivity contribution in [2.45, 2.75) is 6.54 Å². The highest BCUT2D eigenvalue weighted by molar-refractivity contribution is 6.04. The molecule has 0 saturated carbocycles. The number of benzene rings is 3. The van der Waals surface area contributed by atoms with E-state index in [-0.39, 0.29) is 5.91 Å². The van der Waals surface area contributed by atoms with Gasteiger partial charge in [0.05, 0.1) is 31.3 Å². The van der Waals surface area contributed by atoms with E-state index in [0.717, 1.165) is 73.1 Å². The van der Waals surface area contributed by atoms with Crippen molar-refractivity contribution in [3.05, 3.63) is 90.0 Å². The summed E-state index contributed by atoms with van der Waals surface area (Å²) in [5.74, 6) is 1.72. The van der Waals surface area contributed by atoms with Gasteiger partial charge in [-0.3, -0.25) is 14.4 Å². The van der Waals surface area contributed by atoms with Crippen molar-refractivity contribution in [3.8, 4) is 17.3 Å². The number of anilines is 2. The number of hydrogen-bond donors (Lipinski definition) is 2. The Morgan fingerprint density at radius 1 is 0.952 bits per heavy atom. The maximum atomic E-state index is 13.2. The van der Waals surface area contributed by atoms with Crippen LogP contribution in [-0.4, -0.2) is 84.1 Å². The van der Waals surface area contributed by atoms with E-state index in [4.69, 9.17) is 19.6 Å². The second-order valence-corrected chi connectivity index (χ2v) is 10.3. The average Bonchev–Trinajstić information content (AvgIpc) is 3.64. The molecule has 1 saturated heterocycles. The maximum Gasteiger partial charge on any atom is 0.256 e. The first-order valence-corrected chi connectivity index (χ1v) is 14.1. The summed E-state index contributed by atoms with van der Waals surface area (Å²) in [6, 6.07) is 25.4. The quantitative estimate of drug-likeness (QED) is 0.257. The molecule has 1 aliphatic heterocycles. The molecule has 0 unspecified atom stereocenters. The van der Waals surface area contributed by atoms with Crippen LogP contribution in [0.25, 0.3) is 22.6 Å². The van der Waals surface area contributed by atoms with Gasteiger partial charge >= 0.3 is 0 Å². The van der Waals surface area contributed by atoms with Crippen LogP contribution in [0, 0.1) is 0 Å². The Balaban J connectivity index is 1.18. The molecule has 2 aromatic heterocycles. The number of H-pyrrole nitrogens is 1. The van der Waals surface area contributed by atoms with Crippen LogP contribution in [0.4, 0.5) is 11.5 Å². The van der Waals surface area contributed by atoms with E-state index < -0.39 is 0 Å². The average molecular weight is 566 g/mol. The number of fused-ring (bicyclic) bond motifs is 1. The highest BCUT2D eigenvalue weighted by Crippen LogP contribution is 2.25. The fourth-order valence-corrected chi connectivity index (χ4v) is 5.23. The second kappa shape index (κ2) is 12.5. The molecule has 42 heavy (non-hydrogen) atoms. The summed E-state index contributed by atoms with van der Waals surface area (Å²) < 4.78 is 12.4. The summed E-state index contributed by atoms with van der Waals surface area (Å²) in [7, 11) is 3.39. The number of amides is 1. The molecule has 1 amide bonds. The first kappa shape index (κ1) is 27.5. The van der Waals surface area contributed by atoms with Crippen LogP contribution in [-0.2, 0) is 11.3 Å². The van der Waals surface area contributed by atoms with Crippen molar-refractivity contribution >= 4 is 28.4 Å². The lowest BCUT2D eigenvalue weighted by Crippen LogP contribution is -2.47. The number of carbonyl (C=O) groups is 1. The van der Waals surface area contributed by atoms with Crippen LogP contribution in [0.1, 0.15) is 15.9 Å². The number of nitrogens with zero attached hydrogens (tertiary/aromatic N) is 5. The number of methoxy groups -OCH3 is 2. The van der Waals surface area contributed by atoms with Crippen LogP contribution in [0.5, 0.6) is 5.75 Å². The molecule has 5 aromatic rings. The normalized spacial score (nSPS) is 13.9. The van der Waals surface area contributed by atoms with Crippen molar-refractivity contribution < 1.29 is 14.3 Å². The number of nitrogens with one attached hydrogen (secondary N) is 2. The number of para-hydroxylation sites is 2. The predicted octanol–water partition coefficient (Wildman–Crippen LogP) is 4.50. The number of rotatable bonds is 10. The first-order chi connectivity index (χ1) is 20.6. The van der Waals surface area contributed by atoms with Crippen molar-refractivity contribution in [2.75, 3.05) is 63.8 Å². The number of carbonyl (C=O) groups excluding carboxylic acids is 1. The Bertz CT molecular complexity index is 1600. The van der Waals surface area contributed by atoms with Gasteiger partial charge in [0, 0.05) is 57.2 Å². The molecular formula is C32H35N7O3. The number of aromatic amines is 1. The van der Waals surface area contributed by atoms with Crippen LogP contribution in [0.15, 0.2) is 78.9 Å². The van der Waals surface area contributed by atoms with Crippen LogP contribution >= 0.6 is 0 Å². The van der Waals surface area contributed by atoms with Gasteiger partial charge in [-0.05, 0) is 54.1 Å². The monoisotopic (exact) mass is 565 g/mol. The Kier molecular flexibility index (Phi) is 8.16. The minimum Gasteiger partial charge on any atom is -0.497 e. The van der Waals surface area contributed by atoms with Crippen molar-refractivity contribution in [1.29, 1.82) is 0 Å². The Morgan fingerprint density at radius 2 is 1.71 bits per heavy atom. The lowest BCUT2D eigenvalue weighted by molar-refractivity contribution is 0.102. The third-order valence-corrected chi connectivity index (χ3v) is 7.62. The molecule has 10 heteroatoms. The standard InChI is InChI=1S/C32H35N7O3/c1-41-20-19-37-15-17-38(18-16-37)25-11-9-24(10-12-25)32(40)35-30-21-29(31-33-27-5-3-4-6-28(27)34-31)39(36-30)22-23-7-13-26(42-2)14-8-23/h3-14,21H,15-20,22H2,1-2H3,(H,33,34)(H,35,36,40). The molecule has 0 bridgehead atoms. The molecular weight excluding hydrogens is 530 g/mol. The van der Waals surface area contributed by atoms with Gasteiger partial charge in [0.2, 0.25) is 0 Å². The third kappa shape index (κ3) is 6.14. The summed E-state index contributed by atoms with van der Waals surface area (Å²) in [6.45, 7) is 6.11. The first-order valence-electron chi connectivity index (χ1n) is 14.1. The number of hydrogen-bond acceptors (Lipinski definition) is 7. The SMILES string of the molecule is COCCN1CCN(c2ccc(C(=O)Nc3cc(-c4nc5ccccc5[nH]4)n(Cc4ccc(OC)cc4)n3)cc2)CC1. The van der Waals surface area contributed by atoms with E-state index in [1.165, 1.54) is 0 Å². The van der Waals surface area contributed by atoms with Gasteiger partial charge in [0.1, 0.15) is 11.4 Å². The number of ether oxygens (including phenoxy) is 2. The molecule has 0 spiro atoms. The van der Waals surface area contributed by atoms with Gasteiger partial charge in [0.15, 0.2) is 11.6 Å². The Hall–Kier alpha value is -4.67. The van der Waals surface area contributed by atoms with E-state index >= 15 is 0 Å². The minimum atomic E-state index is -0.212. The third-order valence-electron chi connectivity index (χ3n) is 7.62. The molecule has 1 aliphatic rings. The molecule has 6 rings (SSSR count). The molecule has 10 nitrogen and oxygen atoms in total. The summed E-state index contributed by atoms with van der Waals surface area (Å²) in [5, 5.41) is 7.74. The molecule has 0 radical (unpaired) electrons. The lowest BCUT2D eigenvalue weighted by atomic mass is 10.1. The molecule has 2 N–H and O–H groups in total. The van der Waals surface area contributed by atoms with Crippen LogP contribution < -0.4 is 15.0 Å². The summed E-state index contributed by atoms with van der Waals surface area (Å²) >= 11 is 0. The predicted molar refractivity (Wildman–Crippen MR) is 164 cm³/mol. The van der Waals surface area contributed by atoms with Gasteiger partial charge in [-0.15, -0.1) is 0 Å². The summed E-state index contributed by atoms with van der Waals surface area (Å²) in [4.78, 5) is 26.2. The number of piperazine rings is 1. The minimum absolute atomic E-state index is 0.212. The highest BCUT2D eigenvalue weighted by atomic mass is 16.5. The maximum absolute atomic E-state index is 13.2. The lowest BCUT2D eigenvalue weighted by Gasteiger charge is -2.36. The van der Waals surface area contributed by atoms with Crippen molar-refractivity contribution in [2.24, 2.45) is 0 Å². The topological polar surface area (TPSA) is 101 Å². The zero-order valence-corrected chi connectivity index (χ0v) is 23.9. The molecule has 3 heterocycles. The Morgan fingerprint density at radius 3 is 2.43 bits per heavy atom. The van der Waals surface area contributed by atoms with E-state index in [9.17, 15) is 4.79 Å². The largest absolute Gasteiger partial charge is 0.497 e. The summed E-state index contributed by atoms with van der Waals surface area (Å²) in [6.07, 6.45) is 0. The van der Waals surface area contributed by atoms with Crippen molar-refractivity contribution in [3.63, 3.8) is 0 Å². The highest BCUT2D eigenvalue weighted by Gasteiger charge is 2.19. The van der Waals surface area contributed by atoms with E-state index in [1.807, 2.05) is 83.5 Å². The molecule has 216 valence electrons.